The number of nitrogens with zero attached hydrogens (tertiary/aromatic N) is 2. The highest BCUT2D eigenvalue weighted by Crippen LogP contribution is 2.34. The van der Waals surface area contributed by atoms with Gasteiger partial charge in [-0.05, 0) is 32.2 Å². The molecule has 0 spiro atoms. The lowest BCUT2D eigenvalue weighted by molar-refractivity contribution is -0.137. The molecule has 0 bridgehead atoms. The first kappa shape index (κ1) is 14.0. The predicted octanol–water partition coefficient (Wildman–Crippen LogP) is 2.43. The molecule has 0 saturated carbocycles. The number of rotatable bonds is 1. The van der Waals surface area contributed by atoms with Crippen molar-refractivity contribution in [3.63, 3.8) is 0 Å². The molecule has 106 valence electrons. The summed E-state index contributed by atoms with van der Waals surface area (Å²) in [6.45, 7) is 4.38. The second-order valence-corrected chi connectivity index (χ2v) is 5.12. The molecule has 0 aromatic heterocycles. The summed E-state index contributed by atoms with van der Waals surface area (Å²) in [4.78, 5) is 4.14. The standard InChI is InChI=1S/C13H18F3N3/c1-9-8-18(2)3-4-19(9)12-6-10(13(14,15)16)5-11(17)7-12/h5-7,9H,3-4,8,17H2,1-2H3/t9-/m0/s1. The van der Waals surface area contributed by atoms with E-state index in [0.29, 0.717) is 12.2 Å². The first-order chi connectivity index (χ1) is 8.77. The van der Waals surface area contributed by atoms with Crippen molar-refractivity contribution in [2.45, 2.75) is 19.1 Å². The third kappa shape index (κ3) is 3.12. The van der Waals surface area contributed by atoms with Crippen LogP contribution < -0.4 is 10.6 Å². The highest BCUT2D eigenvalue weighted by atomic mass is 19.4. The number of likely N-dealkylation sites (N-methyl/N-ethyl adjacent to an activating group) is 1. The van der Waals surface area contributed by atoms with Crippen LogP contribution in [0.2, 0.25) is 0 Å². The van der Waals surface area contributed by atoms with E-state index in [1.165, 1.54) is 6.07 Å². The summed E-state index contributed by atoms with van der Waals surface area (Å²) >= 11 is 0. The van der Waals surface area contributed by atoms with Crippen LogP contribution in [0.5, 0.6) is 0 Å². The highest BCUT2D eigenvalue weighted by molar-refractivity contribution is 5.59. The van der Waals surface area contributed by atoms with Crippen LogP contribution in [0.15, 0.2) is 18.2 Å². The van der Waals surface area contributed by atoms with E-state index in [-0.39, 0.29) is 11.7 Å². The van der Waals surface area contributed by atoms with Crippen LogP contribution in [-0.2, 0) is 6.18 Å². The van der Waals surface area contributed by atoms with Gasteiger partial charge in [-0.2, -0.15) is 13.2 Å². The maximum atomic E-state index is 12.8. The van der Waals surface area contributed by atoms with E-state index in [4.69, 9.17) is 5.73 Å². The molecule has 0 unspecified atom stereocenters. The van der Waals surface area contributed by atoms with Gasteiger partial charge in [-0.3, -0.25) is 0 Å². The van der Waals surface area contributed by atoms with Crippen molar-refractivity contribution in [3.05, 3.63) is 23.8 Å². The van der Waals surface area contributed by atoms with Gasteiger partial charge in [-0.15, -0.1) is 0 Å². The average molecular weight is 273 g/mol. The second-order valence-electron chi connectivity index (χ2n) is 5.12. The number of nitrogens with two attached hydrogens (primary N) is 1. The molecule has 1 fully saturated rings. The Balaban J connectivity index is 2.32. The van der Waals surface area contributed by atoms with Gasteiger partial charge in [-0.1, -0.05) is 0 Å². The number of hydrogen-bond acceptors (Lipinski definition) is 3. The maximum absolute atomic E-state index is 12.8. The van der Waals surface area contributed by atoms with Crippen molar-refractivity contribution in [2.24, 2.45) is 0 Å². The van der Waals surface area contributed by atoms with Crippen LogP contribution in [0.4, 0.5) is 24.5 Å². The zero-order chi connectivity index (χ0) is 14.2. The fraction of sp³-hybridized carbons (Fsp3) is 0.538. The monoisotopic (exact) mass is 273 g/mol. The Morgan fingerprint density at radius 1 is 1.21 bits per heavy atom. The van der Waals surface area contributed by atoms with Crippen LogP contribution in [-0.4, -0.2) is 37.6 Å². The molecule has 0 radical (unpaired) electrons. The number of benzene rings is 1. The van der Waals surface area contributed by atoms with E-state index in [2.05, 4.69) is 4.90 Å². The summed E-state index contributed by atoms with van der Waals surface area (Å²) in [5.74, 6) is 0. The molecule has 1 saturated heterocycles. The van der Waals surface area contributed by atoms with Gasteiger partial charge in [0.05, 0.1) is 5.56 Å². The topological polar surface area (TPSA) is 32.5 Å². The minimum atomic E-state index is -4.36. The molecule has 2 N–H and O–H groups in total. The fourth-order valence-electron chi connectivity index (χ4n) is 2.49. The molecule has 19 heavy (non-hydrogen) atoms. The Bertz CT molecular complexity index is 459. The van der Waals surface area contributed by atoms with Crippen LogP contribution >= 0.6 is 0 Å². The third-order valence-electron chi connectivity index (χ3n) is 3.43. The van der Waals surface area contributed by atoms with Crippen LogP contribution in [0, 0.1) is 0 Å². The highest BCUT2D eigenvalue weighted by Gasteiger charge is 2.32. The van der Waals surface area contributed by atoms with Gasteiger partial charge < -0.3 is 15.5 Å². The van der Waals surface area contributed by atoms with E-state index in [1.54, 1.807) is 6.07 Å². The normalized spacial score (nSPS) is 21.7. The van der Waals surface area contributed by atoms with Crippen molar-refractivity contribution in [3.8, 4) is 0 Å². The molecule has 3 nitrogen and oxygen atoms in total. The molecule has 1 aliphatic rings. The summed E-state index contributed by atoms with van der Waals surface area (Å²) in [6.07, 6.45) is -4.36. The number of piperazine rings is 1. The molecule has 6 heteroatoms. The Morgan fingerprint density at radius 2 is 1.89 bits per heavy atom. The quantitative estimate of drug-likeness (QED) is 0.798. The fourth-order valence-corrected chi connectivity index (χ4v) is 2.49. The molecule has 0 amide bonds. The Morgan fingerprint density at radius 3 is 2.47 bits per heavy atom. The van der Waals surface area contributed by atoms with E-state index < -0.39 is 11.7 Å². The van der Waals surface area contributed by atoms with E-state index in [1.807, 2.05) is 18.9 Å². The molecule has 1 heterocycles. The third-order valence-corrected chi connectivity index (χ3v) is 3.43. The molecule has 1 aromatic carbocycles. The molecule has 2 rings (SSSR count). The Hall–Kier alpha value is -1.43. The average Bonchev–Trinajstić information content (AvgIpc) is 2.26. The largest absolute Gasteiger partial charge is 0.416 e. The minimum Gasteiger partial charge on any atom is -0.399 e. The minimum absolute atomic E-state index is 0.149. The smallest absolute Gasteiger partial charge is 0.399 e. The van der Waals surface area contributed by atoms with Crippen LogP contribution in [0.25, 0.3) is 0 Å². The number of anilines is 2. The van der Waals surface area contributed by atoms with Gasteiger partial charge in [0.25, 0.3) is 0 Å². The van der Waals surface area contributed by atoms with Crippen molar-refractivity contribution in [2.75, 3.05) is 37.3 Å². The van der Waals surface area contributed by atoms with Crippen LogP contribution in [0.1, 0.15) is 12.5 Å². The maximum Gasteiger partial charge on any atom is 0.416 e. The summed E-state index contributed by atoms with van der Waals surface area (Å²) in [7, 11) is 2.01. The number of hydrogen-bond donors (Lipinski definition) is 1. The summed E-state index contributed by atoms with van der Waals surface area (Å²) in [6, 6.07) is 3.93. The molecule has 0 aliphatic carbocycles. The predicted molar refractivity (Wildman–Crippen MR) is 70.2 cm³/mol. The molecule has 1 atom stereocenters. The van der Waals surface area contributed by atoms with Crippen molar-refractivity contribution in [1.82, 2.24) is 4.90 Å². The molecular formula is C13H18F3N3. The number of halogens is 3. The van der Waals surface area contributed by atoms with Gasteiger partial charge in [0.1, 0.15) is 0 Å². The van der Waals surface area contributed by atoms with Gasteiger partial charge in [0.2, 0.25) is 0 Å². The van der Waals surface area contributed by atoms with E-state index in [9.17, 15) is 13.2 Å². The van der Waals surface area contributed by atoms with E-state index >= 15 is 0 Å². The molecule has 1 aromatic rings. The van der Waals surface area contributed by atoms with Gasteiger partial charge >= 0.3 is 6.18 Å². The number of alkyl halides is 3. The zero-order valence-corrected chi connectivity index (χ0v) is 11.0. The zero-order valence-electron chi connectivity index (χ0n) is 11.0. The van der Waals surface area contributed by atoms with E-state index in [0.717, 1.165) is 19.2 Å². The summed E-state index contributed by atoms with van der Waals surface area (Å²) in [5.41, 5.74) is 5.61. The lowest BCUT2D eigenvalue weighted by Crippen LogP contribution is -2.50. The Labute approximate surface area is 110 Å². The van der Waals surface area contributed by atoms with Crippen molar-refractivity contribution < 1.29 is 13.2 Å². The van der Waals surface area contributed by atoms with Gasteiger partial charge in [0, 0.05) is 37.1 Å². The first-order valence-corrected chi connectivity index (χ1v) is 6.20. The van der Waals surface area contributed by atoms with Crippen molar-refractivity contribution >= 4 is 11.4 Å². The number of nitrogen functional groups attached to an aromatic ring is 1. The SMILES string of the molecule is C[C@H]1CN(C)CCN1c1cc(N)cc(C(F)(F)F)c1. The summed E-state index contributed by atoms with van der Waals surface area (Å²) < 4.78 is 38.4. The lowest BCUT2D eigenvalue weighted by atomic mass is 10.1. The first-order valence-electron chi connectivity index (χ1n) is 6.20. The van der Waals surface area contributed by atoms with Gasteiger partial charge in [0.15, 0.2) is 0 Å². The second kappa shape index (κ2) is 4.92. The molecular weight excluding hydrogens is 255 g/mol. The van der Waals surface area contributed by atoms with Crippen LogP contribution in [0.3, 0.4) is 0 Å². The Kier molecular flexibility index (Phi) is 3.62. The lowest BCUT2D eigenvalue weighted by Gasteiger charge is -2.40. The van der Waals surface area contributed by atoms with Gasteiger partial charge in [-0.25, -0.2) is 0 Å². The molecule has 1 aliphatic heterocycles. The summed E-state index contributed by atoms with van der Waals surface area (Å²) in [5, 5.41) is 0. The van der Waals surface area contributed by atoms with Crippen molar-refractivity contribution in [1.29, 1.82) is 0 Å².